The Morgan fingerprint density at radius 1 is 1.05 bits per heavy atom. The number of anilines is 4. The third-order valence-electron chi connectivity index (χ3n) is 7.11. The zero-order chi connectivity index (χ0) is 27.4. The first-order valence-corrected chi connectivity index (χ1v) is 13.0. The highest BCUT2D eigenvalue weighted by Crippen LogP contribution is 2.29. The summed E-state index contributed by atoms with van der Waals surface area (Å²) in [7, 11) is 2.12. The van der Waals surface area contributed by atoms with Crippen molar-refractivity contribution >= 4 is 34.6 Å². The molecule has 3 N–H and O–H groups in total. The summed E-state index contributed by atoms with van der Waals surface area (Å²) in [6.07, 6.45) is 4.67. The number of piperazine rings is 1. The van der Waals surface area contributed by atoms with Gasteiger partial charge in [0.1, 0.15) is 11.3 Å². The second-order valence-electron chi connectivity index (χ2n) is 9.98. The van der Waals surface area contributed by atoms with Crippen molar-refractivity contribution in [3.63, 3.8) is 0 Å². The van der Waals surface area contributed by atoms with E-state index in [1.807, 2.05) is 24.3 Å². The topological polar surface area (TPSA) is 123 Å². The number of likely N-dealkylation sites (N-methyl/N-ethyl adjacent to an activating group) is 1. The molecule has 2 saturated heterocycles. The Morgan fingerprint density at radius 2 is 1.79 bits per heavy atom. The lowest BCUT2D eigenvalue weighted by Gasteiger charge is -2.38. The number of H-pyrrole nitrogens is 1. The normalized spacial score (nSPS) is 15.9. The number of carbonyl (C=O) groups excluding carboxylic acids is 2. The van der Waals surface area contributed by atoms with Gasteiger partial charge in [0.05, 0.1) is 24.2 Å². The molecule has 39 heavy (non-hydrogen) atoms. The summed E-state index contributed by atoms with van der Waals surface area (Å²) in [6, 6.07) is 11.0. The third-order valence-corrected chi connectivity index (χ3v) is 7.11. The monoisotopic (exact) mass is 531 g/mol. The van der Waals surface area contributed by atoms with Gasteiger partial charge in [-0.3, -0.25) is 19.4 Å². The third kappa shape index (κ3) is 6.20. The molecule has 3 aromatic rings. The predicted octanol–water partition coefficient (Wildman–Crippen LogP) is 2.37. The molecule has 2 amide bonds. The van der Waals surface area contributed by atoms with Gasteiger partial charge in [-0.2, -0.15) is 0 Å². The standard InChI is InChI=1S/C28H33N7O4/c1-19(36)35-16-20(17-35)18-39-25-8-9-29-15-24(25)32-23-7-10-30-27(37)26(23)28(38)31-21-3-5-22(6-4-21)34-13-11-33(2)12-14-34/h3-10,15,20H,11-14,16-18H2,1-2H3,(H,31,38)(H2,30,32,37). The minimum atomic E-state index is -0.531. The van der Waals surface area contributed by atoms with Crippen LogP contribution in [-0.2, 0) is 4.79 Å². The summed E-state index contributed by atoms with van der Waals surface area (Å²) in [6.45, 7) is 7.25. The SMILES string of the molecule is CC(=O)N1CC(COc2ccncc2Nc2cc[nH]c(=O)c2C(=O)Nc2ccc(N3CCN(C)CC3)cc2)C1. The van der Waals surface area contributed by atoms with E-state index < -0.39 is 11.5 Å². The maximum Gasteiger partial charge on any atom is 0.263 e. The lowest BCUT2D eigenvalue weighted by Crippen LogP contribution is -2.51. The van der Waals surface area contributed by atoms with Crippen molar-refractivity contribution in [1.82, 2.24) is 19.8 Å². The van der Waals surface area contributed by atoms with Gasteiger partial charge in [-0.25, -0.2) is 0 Å². The largest absolute Gasteiger partial charge is 0.491 e. The van der Waals surface area contributed by atoms with E-state index in [0.717, 1.165) is 31.9 Å². The van der Waals surface area contributed by atoms with E-state index in [0.29, 0.717) is 42.5 Å². The van der Waals surface area contributed by atoms with Crippen molar-refractivity contribution in [2.24, 2.45) is 5.92 Å². The Hall–Kier alpha value is -4.38. The maximum absolute atomic E-state index is 13.2. The van der Waals surface area contributed by atoms with E-state index >= 15 is 0 Å². The van der Waals surface area contributed by atoms with Gasteiger partial charge in [0.25, 0.3) is 11.5 Å². The lowest BCUT2D eigenvalue weighted by atomic mass is 10.0. The van der Waals surface area contributed by atoms with E-state index in [4.69, 9.17) is 4.74 Å². The first-order valence-electron chi connectivity index (χ1n) is 13.0. The Kier molecular flexibility index (Phi) is 7.78. The number of carbonyl (C=O) groups is 2. The van der Waals surface area contributed by atoms with Gasteiger partial charge in [-0.1, -0.05) is 0 Å². The number of hydrogen-bond acceptors (Lipinski definition) is 8. The van der Waals surface area contributed by atoms with Crippen LogP contribution in [0.1, 0.15) is 17.3 Å². The molecule has 0 bridgehead atoms. The van der Waals surface area contributed by atoms with Gasteiger partial charge < -0.3 is 35.1 Å². The van der Waals surface area contributed by atoms with Crippen molar-refractivity contribution < 1.29 is 14.3 Å². The second-order valence-corrected chi connectivity index (χ2v) is 9.98. The van der Waals surface area contributed by atoms with Crippen LogP contribution in [0.2, 0.25) is 0 Å². The van der Waals surface area contributed by atoms with Crippen LogP contribution in [0.5, 0.6) is 5.75 Å². The molecule has 2 fully saturated rings. The number of rotatable bonds is 8. The van der Waals surface area contributed by atoms with E-state index in [2.05, 4.69) is 37.4 Å². The minimum Gasteiger partial charge on any atom is -0.491 e. The maximum atomic E-state index is 13.2. The van der Waals surface area contributed by atoms with Gasteiger partial charge >= 0.3 is 0 Å². The smallest absolute Gasteiger partial charge is 0.263 e. The second kappa shape index (κ2) is 11.6. The van der Waals surface area contributed by atoms with Crippen molar-refractivity contribution in [1.29, 1.82) is 0 Å². The highest BCUT2D eigenvalue weighted by Gasteiger charge is 2.29. The summed E-state index contributed by atoms with van der Waals surface area (Å²) in [5, 5.41) is 5.99. The average molecular weight is 532 g/mol. The quantitative estimate of drug-likeness (QED) is 0.405. The van der Waals surface area contributed by atoms with Gasteiger partial charge in [-0.05, 0) is 37.4 Å². The Bertz CT molecular complexity index is 1380. The van der Waals surface area contributed by atoms with Crippen LogP contribution >= 0.6 is 0 Å². The number of likely N-dealkylation sites (tertiary alicyclic amines) is 1. The van der Waals surface area contributed by atoms with E-state index in [9.17, 15) is 14.4 Å². The summed E-state index contributed by atoms with van der Waals surface area (Å²) in [5.74, 6) is 0.316. The van der Waals surface area contributed by atoms with Gasteiger partial charge in [0, 0.05) is 81.9 Å². The van der Waals surface area contributed by atoms with E-state index in [-0.39, 0.29) is 17.4 Å². The Labute approximate surface area is 226 Å². The number of benzene rings is 1. The average Bonchev–Trinajstić information content (AvgIpc) is 2.89. The molecule has 5 rings (SSSR count). The van der Waals surface area contributed by atoms with Crippen LogP contribution in [0.15, 0.2) is 59.8 Å². The highest BCUT2D eigenvalue weighted by atomic mass is 16.5. The van der Waals surface area contributed by atoms with Crippen molar-refractivity contribution in [3.05, 3.63) is 70.9 Å². The molecular formula is C28H33N7O4. The Balaban J connectivity index is 1.26. The first kappa shape index (κ1) is 26.2. The van der Waals surface area contributed by atoms with Crippen LogP contribution in [0, 0.1) is 5.92 Å². The molecule has 4 heterocycles. The Morgan fingerprint density at radius 3 is 2.51 bits per heavy atom. The summed E-state index contributed by atoms with van der Waals surface area (Å²) in [4.78, 5) is 50.5. The van der Waals surface area contributed by atoms with Gasteiger partial charge in [0.15, 0.2) is 0 Å². The number of nitrogens with zero attached hydrogens (tertiary/aromatic N) is 4. The summed E-state index contributed by atoms with van der Waals surface area (Å²) < 4.78 is 6.00. The lowest BCUT2D eigenvalue weighted by molar-refractivity contribution is -0.135. The molecule has 1 aromatic carbocycles. The highest BCUT2D eigenvalue weighted by molar-refractivity contribution is 6.08. The molecule has 2 aliphatic rings. The zero-order valence-electron chi connectivity index (χ0n) is 22.1. The van der Waals surface area contributed by atoms with Crippen LogP contribution in [0.4, 0.5) is 22.7 Å². The molecule has 0 atom stereocenters. The van der Waals surface area contributed by atoms with Crippen LogP contribution in [-0.4, -0.2) is 84.5 Å². The number of nitrogens with one attached hydrogen (secondary N) is 3. The van der Waals surface area contributed by atoms with Gasteiger partial charge in [0.2, 0.25) is 5.91 Å². The fraction of sp³-hybridized carbons (Fsp3) is 0.357. The molecule has 0 saturated carbocycles. The molecule has 2 aromatic heterocycles. The zero-order valence-corrected chi connectivity index (χ0v) is 22.1. The molecule has 0 unspecified atom stereocenters. The molecule has 0 radical (unpaired) electrons. The fourth-order valence-electron chi connectivity index (χ4n) is 4.71. The number of aromatic amines is 1. The number of aromatic nitrogens is 2. The number of amides is 2. The summed E-state index contributed by atoms with van der Waals surface area (Å²) >= 11 is 0. The molecule has 0 aliphatic carbocycles. The molecular weight excluding hydrogens is 498 g/mol. The molecule has 11 nitrogen and oxygen atoms in total. The minimum absolute atomic E-state index is 0.0495. The van der Waals surface area contributed by atoms with Crippen molar-refractivity contribution in [2.75, 3.05) is 68.5 Å². The number of hydrogen-bond donors (Lipinski definition) is 3. The molecule has 11 heteroatoms. The number of pyridine rings is 2. The predicted molar refractivity (Wildman–Crippen MR) is 150 cm³/mol. The molecule has 204 valence electrons. The fourth-order valence-corrected chi connectivity index (χ4v) is 4.71. The van der Waals surface area contributed by atoms with Crippen molar-refractivity contribution in [3.8, 4) is 5.75 Å². The van der Waals surface area contributed by atoms with Crippen molar-refractivity contribution in [2.45, 2.75) is 6.92 Å². The first-order chi connectivity index (χ1) is 18.9. The van der Waals surface area contributed by atoms with E-state index in [1.165, 1.54) is 6.20 Å². The van der Waals surface area contributed by atoms with Crippen LogP contribution in [0.3, 0.4) is 0 Å². The van der Waals surface area contributed by atoms with E-state index in [1.54, 1.807) is 36.4 Å². The number of ether oxygens (including phenoxy) is 1. The van der Waals surface area contributed by atoms with Gasteiger partial charge in [-0.15, -0.1) is 0 Å². The summed E-state index contributed by atoms with van der Waals surface area (Å²) in [5.41, 5.74) is 1.98. The molecule has 2 aliphatic heterocycles. The molecule has 0 spiro atoms. The van der Waals surface area contributed by atoms with Crippen LogP contribution < -0.4 is 25.8 Å². The van der Waals surface area contributed by atoms with Crippen LogP contribution in [0.25, 0.3) is 0 Å².